The summed E-state index contributed by atoms with van der Waals surface area (Å²) in [5, 5.41) is 0.759. The monoisotopic (exact) mass is 285 g/mol. The van der Waals surface area contributed by atoms with Crippen molar-refractivity contribution in [3.63, 3.8) is 0 Å². The summed E-state index contributed by atoms with van der Waals surface area (Å²) in [5.74, 6) is -0.244. The van der Waals surface area contributed by atoms with Gasteiger partial charge in [-0.05, 0) is 36.8 Å². The van der Waals surface area contributed by atoms with E-state index in [0.29, 0.717) is 15.9 Å². The highest BCUT2D eigenvalue weighted by Crippen LogP contribution is 2.22. The van der Waals surface area contributed by atoms with Gasteiger partial charge in [0.25, 0.3) is 0 Å². The molecule has 0 amide bonds. The van der Waals surface area contributed by atoms with Crippen LogP contribution in [0.5, 0.6) is 5.75 Å². The molecule has 0 aliphatic heterocycles. The van der Waals surface area contributed by atoms with E-state index in [0.717, 1.165) is 5.56 Å². The Labute approximate surface area is 114 Å². The lowest BCUT2D eigenvalue weighted by atomic mass is 10.2. The van der Waals surface area contributed by atoms with E-state index in [2.05, 4.69) is 4.98 Å². The quantitative estimate of drug-likeness (QED) is 0.779. The fraction of sp³-hybridized carbons (Fsp3) is 0.154. The minimum absolute atomic E-state index is 0.0692. The Balaban J connectivity index is 2.16. The summed E-state index contributed by atoms with van der Waals surface area (Å²) in [7, 11) is 0. The van der Waals surface area contributed by atoms with Gasteiger partial charge in [0.05, 0.1) is 10.7 Å². The second-order valence-corrected chi connectivity index (χ2v) is 4.58. The van der Waals surface area contributed by atoms with Crippen LogP contribution < -0.4 is 4.74 Å². The van der Waals surface area contributed by atoms with Crippen LogP contribution in [-0.4, -0.2) is 4.98 Å². The number of hydrogen-bond acceptors (Lipinski definition) is 2. The number of pyridine rings is 1. The van der Waals surface area contributed by atoms with Crippen molar-refractivity contribution in [2.75, 3.05) is 0 Å². The first kappa shape index (κ1) is 13.1. The number of rotatable bonds is 3. The molecule has 1 aromatic carbocycles. The van der Waals surface area contributed by atoms with E-state index in [4.69, 9.17) is 27.9 Å². The average Bonchev–Trinajstić information content (AvgIpc) is 2.34. The summed E-state index contributed by atoms with van der Waals surface area (Å²) in [6, 6.07) is 7.86. The number of benzene rings is 1. The van der Waals surface area contributed by atoms with Gasteiger partial charge >= 0.3 is 0 Å². The largest absolute Gasteiger partial charge is 0.484 e. The fourth-order valence-electron chi connectivity index (χ4n) is 1.43. The first-order valence-electron chi connectivity index (χ1n) is 5.26. The van der Waals surface area contributed by atoms with Crippen LogP contribution in [0.15, 0.2) is 30.3 Å². The molecule has 0 bridgehead atoms. The smallest absolute Gasteiger partial charge is 0.165 e. The van der Waals surface area contributed by atoms with Gasteiger partial charge in [-0.15, -0.1) is 0 Å². The Hall–Kier alpha value is -1.32. The van der Waals surface area contributed by atoms with Crippen LogP contribution in [0.25, 0.3) is 0 Å². The van der Waals surface area contributed by atoms with Crippen molar-refractivity contribution in [3.8, 4) is 5.75 Å². The molecule has 0 atom stereocenters. The van der Waals surface area contributed by atoms with E-state index in [-0.39, 0.29) is 12.4 Å². The minimum atomic E-state index is -0.418. The molecule has 18 heavy (non-hydrogen) atoms. The number of ether oxygens (including phenoxy) is 1. The summed E-state index contributed by atoms with van der Waals surface area (Å²) in [5.41, 5.74) is 1.39. The maximum atomic E-state index is 13.4. The molecule has 0 spiro atoms. The van der Waals surface area contributed by atoms with Crippen LogP contribution in [-0.2, 0) is 6.61 Å². The highest BCUT2D eigenvalue weighted by Gasteiger charge is 2.07. The van der Waals surface area contributed by atoms with Gasteiger partial charge in [0.1, 0.15) is 11.8 Å². The van der Waals surface area contributed by atoms with Gasteiger partial charge < -0.3 is 4.74 Å². The molecule has 0 unspecified atom stereocenters. The lowest BCUT2D eigenvalue weighted by molar-refractivity contribution is 0.286. The molecular formula is C13H10Cl2FNO. The van der Waals surface area contributed by atoms with E-state index in [1.54, 1.807) is 24.3 Å². The van der Waals surface area contributed by atoms with Gasteiger partial charge in [-0.2, -0.15) is 0 Å². The lowest BCUT2D eigenvalue weighted by Crippen LogP contribution is -2.01. The third kappa shape index (κ3) is 3.12. The Morgan fingerprint density at radius 2 is 2.00 bits per heavy atom. The number of hydrogen-bond donors (Lipinski definition) is 0. The van der Waals surface area contributed by atoms with E-state index >= 15 is 0 Å². The molecule has 0 aliphatic carbocycles. The van der Waals surface area contributed by atoms with Crippen LogP contribution in [0.4, 0.5) is 4.39 Å². The molecule has 2 nitrogen and oxygen atoms in total. The van der Waals surface area contributed by atoms with Crippen molar-refractivity contribution in [2.45, 2.75) is 13.5 Å². The van der Waals surface area contributed by atoms with Gasteiger partial charge in [-0.1, -0.05) is 29.3 Å². The fourth-order valence-corrected chi connectivity index (χ4v) is 1.75. The maximum Gasteiger partial charge on any atom is 0.165 e. The van der Waals surface area contributed by atoms with Gasteiger partial charge in [-0.25, -0.2) is 9.37 Å². The van der Waals surface area contributed by atoms with Crippen LogP contribution in [0, 0.1) is 12.7 Å². The van der Waals surface area contributed by atoms with Crippen LogP contribution in [0.1, 0.15) is 11.3 Å². The molecule has 0 aliphatic rings. The summed E-state index contributed by atoms with van der Waals surface area (Å²) in [6.07, 6.45) is 0. The molecule has 5 heteroatoms. The van der Waals surface area contributed by atoms with Gasteiger partial charge in [-0.3, -0.25) is 0 Å². The topological polar surface area (TPSA) is 22.1 Å². The van der Waals surface area contributed by atoms with Crippen molar-refractivity contribution in [1.82, 2.24) is 4.98 Å². The van der Waals surface area contributed by atoms with Crippen molar-refractivity contribution >= 4 is 23.2 Å². The zero-order valence-electron chi connectivity index (χ0n) is 9.58. The maximum absolute atomic E-state index is 13.4. The predicted molar refractivity (Wildman–Crippen MR) is 69.7 cm³/mol. The lowest BCUT2D eigenvalue weighted by Gasteiger charge is -2.08. The van der Waals surface area contributed by atoms with E-state index in [1.807, 2.05) is 6.92 Å². The zero-order chi connectivity index (χ0) is 13.1. The summed E-state index contributed by atoms with van der Waals surface area (Å²) >= 11 is 11.7. The normalized spacial score (nSPS) is 10.4. The Morgan fingerprint density at radius 1 is 1.22 bits per heavy atom. The number of halogens is 3. The molecule has 0 N–H and O–H groups in total. The Kier molecular flexibility index (Phi) is 4.04. The molecule has 0 saturated heterocycles. The van der Waals surface area contributed by atoms with Crippen molar-refractivity contribution in [1.29, 1.82) is 0 Å². The van der Waals surface area contributed by atoms with Crippen LogP contribution in [0.3, 0.4) is 0 Å². The molecule has 1 heterocycles. The summed E-state index contributed by atoms with van der Waals surface area (Å²) in [4.78, 5) is 4.03. The van der Waals surface area contributed by atoms with Crippen molar-refractivity contribution in [2.24, 2.45) is 0 Å². The van der Waals surface area contributed by atoms with Gasteiger partial charge in [0.15, 0.2) is 11.6 Å². The van der Waals surface area contributed by atoms with Gasteiger partial charge in [0.2, 0.25) is 0 Å². The first-order chi connectivity index (χ1) is 8.56. The second kappa shape index (κ2) is 5.55. The van der Waals surface area contributed by atoms with E-state index in [9.17, 15) is 4.39 Å². The molecule has 2 rings (SSSR count). The molecule has 94 valence electrons. The standard InChI is InChI=1S/C13H10Cl2FNO/c1-8-2-4-10(16)12(6-8)18-7-11-9(14)3-5-13(15)17-11/h2-6H,7H2,1H3. The number of aromatic nitrogens is 1. The molecular weight excluding hydrogens is 276 g/mol. The number of nitrogens with zero attached hydrogens (tertiary/aromatic N) is 1. The molecule has 0 saturated carbocycles. The van der Waals surface area contributed by atoms with Crippen molar-refractivity contribution in [3.05, 3.63) is 57.6 Å². The highest BCUT2D eigenvalue weighted by atomic mass is 35.5. The first-order valence-corrected chi connectivity index (χ1v) is 6.02. The predicted octanol–water partition coefficient (Wildman–Crippen LogP) is 4.41. The van der Waals surface area contributed by atoms with Crippen molar-refractivity contribution < 1.29 is 9.13 Å². The molecule has 0 fully saturated rings. The van der Waals surface area contributed by atoms with E-state index in [1.165, 1.54) is 6.07 Å². The average molecular weight is 286 g/mol. The Bertz CT molecular complexity index is 523. The zero-order valence-corrected chi connectivity index (χ0v) is 11.1. The second-order valence-electron chi connectivity index (χ2n) is 3.79. The third-order valence-electron chi connectivity index (χ3n) is 2.34. The summed E-state index contributed by atoms with van der Waals surface area (Å²) < 4.78 is 18.8. The molecule has 1 aromatic heterocycles. The van der Waals surface area contributed by atoms with Gasteiger partial charge in [0, 0.05) is 0 Å². The third-order valence-corrected chi connectivity index (χ3v) is 2.89. The SMILES string of the molecule is Cc1ccc(F)c(OCc2nc(Cl)ccc2Cl)c1. The Morgan fingerprint density at radius 3 is 2.78 bits per heavy atom. The minimum Gasteiger partial charge on any atom is -0.484 e. The molecule has 2 aromatic rings. The van der Waals surface area contributed by atoms with Crippen LogP contribution in [0.2, 0.25) is 10.2 Å². The summed E-state index contributed by atoms with van der Waals surface area (Å²) in [6.45, 7) is 1.93. The van der Waals surface area contributed by atoms with Crippen LogP contribution >= 0.6 is 23.2 Å². The molecule has 0 radical (unpaired) electrons. The highest BCUT2D eigenvalue weighted by molar-refractivity contribution is 6.32. The number of aryl methyl sites for hydroxylation is 1. The van der Waals surface area contributed by atoms with E-state index < -0.39 is 5.82 Å².